The third-order valence-corrected chi connectivity index (χ3v) is 8.39. The van der Waals surface area contributed by atoms with Crippen LogP contribution in [-0.4, -0.2) is 58.8 Å². The number of nitrogens with one attached hydrogen (secondary N) is 1. The Hall–Kier alpha value is -2.73. The van der Waals surface area contributed by atoms with E-state index in [2.05, 4.69) is 19.9 Å². The van der Waals surface area contributed by atoms with Crippen LogP contribution in [0.5, 0.6) is 0 Å². The van der Waals surface area contributed by atoms with Gasteiger partial charge in [0.15, 0.2) is 15.7 Å². The van der Waals surface area contributed by atoms with Crippen molar-refractivity contribution in [1.82, 2.24) is 24.3 Å². The van der Waals surface area contributed by atoms with Gasteiger partial charge in [0.1, 0.15) is 16.1 Å². The molecule has 0 amide bonds. The molecule has 2 atom stereocenters. The average molecular weight is 510 g/mol. The predicted molar refractivity (Wildman–Crippen MR) is 119 cm³/mol. The number of morpholine rings is 1. The molecule has 1 saturated carbocycles. The zero-order chi connectivity index (χ0) is 24.3. The van der Waals surface area contributed by atoms with E-state index < -0.39 is 27.0 Å². The molecule has 2 aliphatic rings. The average Bonchev–Trinajstić information content (AvgIpc) is 3.20. The summed E-state index contributed by atoms with van der Waals surface area (Å²) >= 11 is 0.718. The number of fused-ring (bicyclic) bond motifs is 1. The highest BCUT2D eigenvalue weighted by Gasteiger charge is 2.47. The van der Waals surface area contributed by atoms with Gasteiger partial charge in [0, 0.05) is 18.8 Å². The number of halogens is 2. The maximum Gasteiger partial charge on any atom is 0.291 e. The SMILES string of the molecule is C[C@H]1CN(c2cc(S(=O)(=O)NC3(C#N)CC3)cn3c(-c4nnc(C(F)F)s4)cnc23)[C@@H](C)CO1. The summed E-state index contributed by atoms with van der Waals surface area (Å²) in [7, 11) is -4.07. The summed E-state index contributed by atoms with van der Waals surface area (Å²) in [6.07, 6.45) is 0.854. The number of ether oxygens (including phenoxy) is 1. The summed E-state index contributed by atoms with van der Waals surface area (Å²) in [5.74, 6) is 0. The Bertz CT molecular complexity index is 1390. The van der Waals surface area contributed by atoms with Gasteiger partial charge in [-0.15, -0.1) is 10.2 Å². The van der Waals surface area contributed by atoms with Crippen molar-refractivity contribution < 1.29 is 21.9 Å². The number of hydrogen-bond acceptors (Lipinski definition) is 9. The topological polar surface area (TPSA) is 126 Å². The van der Waals surface area contributed by atoms with Crippen molar-refractivity contribution in [3.63, 3.8) is 0 Å². The Balaban J connectivity index is 1.68. The van der Waals surface area contributed by atoms with Crippen molar-refractivity contribution in [2.24, 2.45) is 0 Å². The summed E-state index contributed by atoms with van der Waals surface area (Å²) in [5, 5.41) is 16.5. The normalized spacial score (nSPS) is 22.3. The highest BCUT2D eigenvalue weighted by Crippen LogP contribution is 2.38. The molecule has 2 fully saturated rings. The quantitative estimate of drug-likeness (QED) is 0.538. The van der Waals surface area contributed by atoms with E-state index in [1.165, 1.54) is 22.9 Å². The molecule has 3 aromatic heterocycles. The Labute approximate surface area is 198 Å². The summed E-state index contributed by atoms with van der Waals surface area (Å²) in [6, 6.07) is 3.49. The molecule has 1 N–H and O–H groups in total. The smallest absolute Gasteiger partial charge is 0.291 e. The maximum absolute atomic E-state index is 13.3. The molecule has 0 bridgehead atoms. The molecule has 0 aromatic carbocycles. The molecule has 1 aliphatic carbocycles. The molecule has 3 aromatic rings. The van der Waals surface area contributed by atoms with Crippen LogP contribution < -0.4 is 9.62 Å². The number of nitrogens with zero attached hydrogens (tertiary/aromatic N) is 6. The van der Waals surface area contributed by atoms with E-state index in [1.54, 1.807) is 0 Å². The van der Waals surface area contributed by atoms with Crippen LogP contribution in [0.2, 0.25) is 0 Å². The minimum Gasteiger partial charge on any atom is -0.375 e. The van der Waals surface area contributed by atoms with E-state index in [0.717, 1.165) is 11.3 Å². The number of sulfonamides is 1. The Morgan fingerprint density at radius 2 is 2.12 bits per heavy atom. The zero-order valence-electron chi connectivity index (χ0n) is 18.3. The van der Waals surface area contributed by atoms with Crippen LogP contribution in [-0.2, 0) is 14.8 Å². The van der Waals surface area contributed by atoms with Crippen LogP contribution >= 0.6 is 11.3 Å². The van der Waals surface area contributed by atoms with Gasteiger partial charge >= 0.3 is 0 Å². The van der Waals surface area contributed by atoms with E-state index in [0.29, 0.717) is 43.0 Å². The lowest BCUT2D eigenvalue weighted by Crippen LogP contribution is -2.47. The fourth-order valence-corrected chi connectivity index (χ4v) is 6.00. The van der Waals surface area contributed by atoms with Crippen molar-refractivity contribution in [2.75, 3.05) is 18.1 Å². The first-order valence-electron chi connectivity index (χ1n) is 10.6. The lowest BCUT2D eigenvalue weighted by molar-refractivity contribution is 0.0344. The van der Waals surface area contributed by atoms with Gasteiger partial charge in [-0.25, -0.2) is 22.2 Å². The van der Waals surface area contributed by atoms with Crippen molar-refractivity contribution in [2.45, 2.75) is 55.7 Å². The minimum atomic E-state index is -4.07. The van der Waals surface area contributed by atoms with Gasteiger partial charge in [0.25, 0.3) is 6.43 Å². The molecule has 0 unspecified atom stereocenters. The summed E-state index contributed by atoms with van der Waals surface area (Å²) < 4.78 is 62.5. The largest absolute Gasteiger partial charge is 0.375 e. The molecule has 4 heterocycles. The fourth-order valence-electron chi connectivity index (χ4n) is 3.90. The molecule has 10 nitrogen and oxygen atoms in total. The van der Waals surface area contributed by atoms with Gasteiger partial charge in [-0.3, -0.25) is 4.40 Å². The summed E-state index contributed by atoms with van der Waals surface area (Å²) in [6.45, 7) is 4.83. The highest BCUT2D eigenvalue weighted by molar-refractivity contribution is 7.89. The van der Waals surface area contributed by atoms with Crippen LogP contribution in [0.4, 0.5) is 14.5 Å². The minimum absolute atomic E-state index is 0.0630. The van der Waals surface area contributed by atoms with Crippen molar-refractivity contribution in [3.8, 4) is 16.8 Å². The van der Waals surface area contributed by atoms with Gasteiger partial charge in [-0.1, -0.05) is 11.3 Å². The molecular weight excluding hydrogens is 488 g/mol. The zero-order valence-corrected chi connectivity index (χ0v) is 19.9. The number of rotatable bonds is 6. The third kappa shape index (κ3) is 4.02. The first-order valence-corrected chi connectivity index (χ1v) is 12.9. The highest BCUT2D eigenvalue weighted by atomic mass is 32.2. The molecule has 0 spiro atoms. The third-order valence-electron chi connectivity index (χ3n) is 5.93. The Morgan fingerprint density at radius 3 is 2.76 bits per heavy atom. The first-order chi connectivity index (χ1) is 16.1. The second-order valence-electron chi connectivity index (χ2n) is 8.59. The van der Waals surface area contributed by atoms with Gasteiger partial charge in [-0.05, 0) is 32.8 Å². The number of alkyl halides is 2. The summed E-state index contributed by atoms with van der Waals surface area (Å²) in [5.41, 5.74) is 0.244. The van der Waals surface area contributed by atoms with Crippen molar-refractivity contribution in [1.29, 1.82) is 5.26 Å². The number of pyridine rings is 1. The van der Waals surface area contributed by atoms with E-state index in [1.807, 2.05) is 24.8 Å². The molecule has 180 valence electrons. The molecule has 14 heteroatoms. The number of aromatic nitrogens is 4. The van der Waals surface area contributed by atoms with Crippen LogP contribution in [0.15, 0.2) is 23.4 Å². The second-order valence-corrected chi connectivity index (χ2v) is 11.3. The van der Waals surface area contributed by atoms with Crippen molar-refractivity contribution >= 4 is 32.7 Å². The molecule has 0 radical (unpaired) electrons. The number of hydrogen-bond donors (Lipinski definition) is 1. The van der Waals surface area contributed by atoms with E-state index >= 15 is 0 Å². The molecule has 1 aliphatic heterocycles. The number of nitriles is 1. The van der Waals surface area contributed by atoms with E-state index in [-0.39, 0.29) is 22.0 Å². The fraction of sp³-hybridized carbons (Fsp3) is 0.500. The second kappa shape index (κ2) is 8.19. The molecule has 5 rings (SSSR count). The Morgan fingerprint density at radius 1 is 1.35 bits per heavy atom. The number of imidazole rings is 1. The first kappa shape index (κ1) is 23.0. The number of anilines is 1. The molecule has 34 heavy (non-hydrogen) atoms. The predicted octanol–water partition coefficient (Wildman–Crippen LogP) is 2.74. The monoisotopic (exact) mass is 509 g/mol. The van der Waals surface area contributed by atoms with Gasteiger partial charge in [0.2, 0.25) is 10.0 Å². The van der Waals surface area contributed by atoms with Crippen LogP contribution in [0, 0.1) is 11.3 Å². The lowest BCUT2D eigenvalue weighted by Gasteiger charge is -2.38. The Kier molecular flexibility index (Phi) is 5.55. The molecule has 1 saturated heterocycles. The van der Waals surface area contributed by atoms with Crippen LogP contribution in [0.3, 0.4) is 0 Å². The van der Waals surface area contributed by atoms with Gasteiger partial charge in [0.05, 0.1) is 30.7 Å². The molecular formula is C20H21F2N7O3S2. The van der Waals surface area contributed by atoms with E-state index in [4.69, 9.17) is 4.74 Å². The lowest BCUT2D eigenvalue weighted by atomic mass is 10.2. The summed E-state index contributed by atoms with van der Waals surface area (Å²) in [4.78, 5) is 6.42. The van der Waals surface area contributed by atoms with E-state index in [9.17, 15) is 22.5 Å². The maximum atomic E-state index is 13.3. The standard InChI is InChI=1S/C20H21F2N7O3S2/c1-11-9-32-12(2)7-28(11)14-5-13(34(30,31)27-20(10-23)3-4-20)8-29-15(6-24-17(14)29)18-25-26-19(33-18)16(21)22/h5-6,8,11-12,16,27H,3-4,7,9H2,1-2H3/t11-,12-/m0/s1. The van der Waals surface area contributed by atoms with Gasteiger partial charge in [-0.2, -0.15) is 9.98 Å². The van der Waals surface area contributed by atoms with Gasteiger partial charge < -0.3 is 9.64 Å². The van der Waals surface area contributed by atoms with Crippen molar-refractivity contribution in [3.05, 3.63) is 23.5 Å². The van der Waals surface area contributed by atoms with Crippen LogP contribution in [0.25, 0.3) is 16.3 Å². The van der Waals surface area contributed by atoms with Crippen LogP contribution in [0.1, 0.15) is 38.1 Å².